The molecule has 1 amide bonds. The fraction of sp³-hybridized carbons (Fsp3) is 0.615. The highest BCUT2D eigenvalue weighted by Crippen LogP contribution is 2.21. The number of likely N-dealkylation sites (tertiary alicyclic amines) is 1. The second-order valence-electron chi connectivity index (χ2n) is 4.94. The number of amides is 1. The zero-order valence-corrected chi connectivity index (χ0v) is 13.0. The standard InChI is InChI=1S/C13H18N2O3S2/c1-9-14-11(7-20-9)6-19-8-12(16)15-3-2-10(5-15)4-13(17)18/h7,10H,2-6,8H2,1H3,(H,17,18). The number of thiazole rings is 1. The summed E-state index contributed by atoms with van der Waals surface area (Å²) < 4.78 is 0. The second-order valence-corrected chi connectivity index (χ2v) is 6.99. The van der Waals surface area contributed by atoms with Crippen molar-refractivity contribution in [3.63, 3.8) is 0 Å². The fourth-order valence-corrected chi connectivity index (χ4v) is 3.82. The maximum Gasteiger partial charge on any atom is 0.303 e. The third kappa shape index (κ3) is 4.49. The summed E-state index contributed by atoms with van der Waals surface area (Å²) in [5.41, 5.74) is 1.02. The summed E-state index contributed by atoms with van der Waals surface area (Å²) in [6, 6.07) is 0. The highest BCUT2D eigenvalue weighted by Gasteiger charge is 2.27. The van der Waals surface area contributed by atoms with E-state index in [0.717, 1.165) is 22.9 Å². The average Bonchev–Trinajstić information content (AvgIpc) is 2.98. The number of carbonyl (C=O) groups excluding carboxylic acids is 1. The molecule has 1 saturated heterocycles. The molecule has 1 unspecified atom stereocenters. The van der Waals surface area contributed by atoms with Crippen LogP contribution in [0.1, 0.15) is 23.5 Å². The van der Waals surface area contributed by atoms with Crippen molar-refractivity contribution in [2.45, 2.75) is 25.5 Å². The third-order valence-corrected chi connectivity index (χ3v) is 5.02. The molecule has 0 spiro atoms. The maximum atomic E-state index is 12.0. The van der Waals surface area contributed by atoms with E-state index in [2.05, 4.69) is 4.98 Å². The number of carboxylic acids is 1. The van der Waals surface area contributed by atoms with Gasteiger partial charge in [0, 0.05) is 30.6 Å². The topological polar surface area (TPSA) is 70.5 Å². The molecule has 20 heavy (non-hydrogen) atoms. The number of hydrogen-bond acceptors (Lipinski definition) is 5. The molecule has 5 nitrogen and oxygen atoms in total. The van der Waals surface area contributed by atoms with Crippen LogP contribution >= 0.6 is 23.1 Å². The zero-order valence-electron chi connectivity index (χ0n) is 11.4. The Labute approximate surface area is 126 Å². The molecule has 0 saturated carbocycles. The molecule has 0 aromatic carbocycles. The van der Waals surface area contributed by atoms with Crippen molar-refractivity contribution in [2.24, 2.45) is 5.92 Å². The van der Waals surface area contributed by atoms with E-state index in [1.165, 1.54) is 0 Å². The summed E-state index contributed by atoms with van der Waals surface area (Å²) in [4.78, 5) is 28.8. The maximum absolute atomic E-state index is 12.0. The first kappa shape index (κ1) is 15.3. The molecular formula is C13H18N2O3S2. The lowest BCUT2D eigenvalue weighted by Gasteiger charge is -2.15. The number of aryl methyl sites for hydroxylation is 1. The van der Waals surface area contributed by atoms with E-state index >= 15 is 0 Å². The van der Waals surface area contributed by atoms with Crippen molar-refractivity contribution in [1.29, 1.82) is 0 Å². The predicted octanol–water partition coefficient (Wildman–Crippen LogP) is 2.01. The van der Waals surface area contributed by atoms with Gasteiger partial charge >= 0.3 is 5.97 Å². The molecule has 2 rings (SSSR count). The second kappa shape index (κ2) is 7.08. The van der Waals surface area contributed by atoms with Gasteiger partial charge < -0.3 is 10.0 Å². The van der Waals surface area contributed by atoms with Crippen molar-refractivity contribution in [2.75, 3.05) is 18.8 Å². The fourth-order valence-electron chi connectivity index (χ4n) is 2.28. The Morgan fingerprint density at radius 1 is 1.60 bits per heavy atom. The summed E-state index contributed by atoms with van der Waals surface area (Å²) in [5, 5.41) is 11.8. The molecule has 0 bridgehead atoms. The number of rotatable bonds is 6. The largest absolute Gasteiger partial charge is 0.481 e. The molecule has 110 valence electrons. The zero-order chi connectivity index (χ0) is 14.5. The highest BCUT2D eigenvalue weighted by molar-refractivity contribution is 7.99. The van der Waals surface area contributed by atoms with Crippen LogP contribution in [0.15, 0.2) is 5.38 Å². The van der Waals surface area contributed by atoms with E-state index in [0.29, 0.717) is 18.8 Å². The number of carboxylic acid groups (broad SMARTS) is 1. The monoisotopic (exact) mass is 314 g/mol. The predicted molar refractivity (Wildman–Crippen MR) is 80.0 cm³/mol. The number of hydrogen-bond donors (Lipinski definition) is 1. The van der Waals surface area contributed by atoms with Gasteiger partial charge in [0.1, 0.15) is 0 Å². The van der Waals surface area contributed by atoms with Crippen LogP contribution < -0.4 is 0 Å². The summed E-state index contributed by atoms with van der Waals surface area (Å²) in [5.74, 6) is 0.633. The van der Waals surface area contributed by atoms with Gasteiger partial charge in [-0.25, -0.2) is 4.98 Å². The summed E-state index contributed by atoms with van der Waals surface area (Å²) >= 11 is 3.19. The van der Waals surface area contributed by atoms with Crippen molar-refractivity contribution < 1.29 is 14.7 Å². The molecule has 1 aliphatic heterocycles. The van der Waals surface area contributed by atoms with Gasteiger partial charge in [-0.2, -0.15) is 0 Å². The quantitative estimate of drug-likeness (QED) is 0.870. The van der Waals surface area contributed by atoms with Crippen LogP contribution in [-0.2, 0) is 15.3 Å². The van der Waals surface area contributed by atoms with Crippen LogP contribution in [-0.4, -0.2) is 45.7 Å². The molecule has 1 N–H and O–H groups in total. The SMILES string of the molecule is Cc1nc(CSCC(=O)N2CCC(CC(=O)O)C2)cs1. The smallest absolute Gasteiger partial charge is 0.303 e. The molecule has 1 fully saturated rings. The Bertz CT molecular complexity index is 490. The van der Waals surface area contributed by atoms with Crippen molar-refractivity contribution >= 4 is 35.0 Å². The van der Waals surface area contributed by atoms with Crippen LogP contribution in [0.3, 0.4) is 0 Å². The molecule has 7 heteroatoms. The van der Waals surface area contributed by atoms with Crippen molar-refractivity contribution in [3.8, 4) is 0 Å². The minimum atomic E-state index is -0.780. The Kier molecular flexibility index (Phi) is 5.42. The normalized spacial score (nSPS) is 18.4. The molecule has 0 aliphatic carbocycles. The van der Waals surface area contributed by atoms with Crippen LogP contribution in [0.5, 0.6) is 0 Å². The van der Waals surface area contributed by atoms with Crippen LogP contribution in [0.4, 0.5) is 0 Å². The molecule has 1 atom stereocenters. The first-order chi connectivity index (χ1) is 9.54. The molecule has 0 radical (unpaired) electrons. The Morgan fingerprint density at radius 3 is 3.05 bits per heavy atom. The van der Waals surface area contributed by atoms with Gasteiger partial charge in [-0.05, 0) is 19.3 Å². The number of aliphatic carboxylic acids is 1. The number of nitrogens with zero attached hydrogens (tertiary/aromatic N) is 2. The number of aromatic nitrogens is 1. The molecule has 1 aliphatic rings. The van der Waals surface area contributed by atoms with Gasteiger partial charge in [0.05, 0.1) is 16.5 Å². The van der Waals surface area contributed by atoms with Crippen molar-refractivity contribution in [1.82, 2.24) is 9.88 Å². The van der Waals surface area contributed by atoms with Gasteiger partial charge in [-0.3, -0.25) is 9.59 Å². The first-order valence-corrected chi connectivity index (χ1v) is 8.56. The Morgan fingerprint density at radius 2 is 2.40 bits per heavy atom. The van der Waals surface area contributed by atoms with E-state index in [9.17, 15) is 9.59 Å². The van der Waals surface area contributed by atoms with E-state index in [-0.39, 0.29) is 18.2 Å². The Balaban J connectivity index is 1.69. The van der Waals surface area contributed by atoms with Gasteiger partial charge in [0.15, 0.2) is 0 Å². The number of thioether (sulfide) groups is 1. The lowest BCUT2D eigenvalue weighted by molar-refractivity contribution is -0.138. The summed E-state index contributed by atoms with van der Waals surface area (Å²) in [7, 11) is 0. The van der Waals surface area contributed by atoms with Crippen molar-refractivity contribution in [3.05, 3.63) is 16.1 Å². The van der Waals surface area contributed by atoms with Crippen LogP contribution in [0.2, 0.25) is 0 Å². The lowest BCUT2D eigenvalue weighted by Crippen LogP contribution is -2.30. The minimum absolute atomic E-state index is 0.106. The van der Waals surface area contributed by atoms with Gasteiger partial charge in [0.2, 0.25) is 5.91 Å². The van der Waals surface area contributed by atoms with Gasteiger partial charge in [-0.1, -0.05) is 0 Å². The van der Waals surface area contributed by atoms with Gasteiger partial charge in [-0.15, -0.1) is 23.1 Å². The number of carbonyl (C=O) groups is 2. The summed E-state index contributed by atoms with van der Waals surface area (Å²) in [6.07, 6.45) is 0.961. The van der Waals surface area contributed by atoms with Gasteiger partial charge in [0.25, 0.3) is 0 Å². The molecule has 2 heterocycles. The van der Waals surface area contributed by atoms with Crippen LogP contribution in [0.25, 0.3) is 0 Å². The lowest BCUT2D eigenvalue weighted by atomic mass is 10.1. The highest BCUT2D eigenvalue weighted by atomic mass is 32.2. The molecular weight excluding hydrogens is 296 g/mol. The molecule has 1 aromatic heterocycles. The van der Waals surface area contributed by atoms with E-state index < -0.39 is 5.97 Å². The van der Waals surface area contributed by atoms with E-state index in [1.807, 2.05) is 12.3 Å². The molecule has 1 aromatic rings. The summed E-state index contributed by atoms with van der Waals surface area (Å²) in [6.45, 7) is 3.24. The van der Waals surface area contributed by atoms with E-state index in [1.54, 1.807) is 28.0 Å². The average molecular weight is 314 g/mol. The first-order valence-electron chi connectivity index (χ1n) is 6.53. The van der Waals surface area contributed by atoms with E-state index in [4.69, 9.17) is 5.11 Å². The minimum Gasteiger partial charge on any atom is -0.481 e. The third-order valence-electron chi connectivity index (χ3n) is 3.24. The van der Waals surface area contributed by atoms with Crippen LogP contribution in [0, 0.1) is 12.8 Å². The Hall–Kier alpha value is -1.08.